The molecule has 0 atom stereocenters. The molecule has 2 aromatic heterocycles. The second-order valence-electron chi connectivity index (χ2n) is 2.51. The lowest BCUT2D eigenvalue weighted by molar-refractivity contribution is 0.0696. The third kappa shape index (κ3) is 1.21. The van der Waals surface area contributed by atoms with E-state index in [1.54, 1.807) is 23.0 Å². The summed E-state index contributed by atoms with van der Waals surface area (Å²) in [7, 11) is 0. The minimum atomic E-state index is -0.961. The quantitative estimate of drug-likeness (QED) is 0.828. The highest BCUT2D eigenvalue weighted by Gasteiger charge is 2.11. The molecule has 0 saturated heterocycles. The first-order valence-corrected chi connectivity index (χ1v) is 4.34. The summed E-state index contributed by atoms with van der Waals surface area (Å²) < 4.78 is 2.25. The number of aromatic carboxylic acids is 1. The summed E-state index contributed by atoms with van der Waals surface area (Å²) in [6.45, 7) is 0. The number of carboxylic acid groups (broad SMARTS) is 1. The van der Waals surface area contributed by atoms with E-state index < -0.39 is 5.97 Å². The summed E-state index contributed by atoms with van der Waals surface area (Å²) in [5.41, 5.74) is 0.832. The average molecular weight is 241 g/mol. The number of aromatic nitrogens is 2. The number of carbonyl (C=O) groups is 1. The third-order valence-electron chi connectivity index (χ3n) is 1.73. The summed E-state index contributed by atoms with van der Waals surface area (Å²) in [6.07, 6.45) is 5.04. The van der Waals surface area contributed by atoms with Crippen molar-refractivity contribution in [2.45, 2.75) is 0 Å². The Kier molecular flexibility index (Phi) is 1.81. The van der Waals surface area contributed by atoms with Gasteiger partial charge in [0.2, 0.25) is 0 Å². The van der Waals surface area contributed by atoms with E-state index in [1.807, 2.05) is 0 Å². The smallest absolute Gasteiger partial charge is 0.337 e. The zero-order valence-corrected chi connectivity index (χ0v) is 8.02. The molecule has 66 valence electrons. The Labute approximate surface area is 82.0 Å². The molecule has 0 aliphatic heterocycles. The highest BCUT2D eigenvalue weighted by atomic mass is 79.9. The molecule has 13 heavy (non-hydrogen) atoms. The predicted molar refractivity (Wildman–Crippen MR) is 49.9 cm³/mol. The van der Waals surface area contributed by atoms with Crippen LogP contribution in [0.15, 0.2) is 29.1 Å². The number of carboxylic acids is 1. The molecule has 1 N–H and O–H groups in total. The van der Waals surface area contributed by atoms with Crippen LogP contribution in [-0.2, 0) is 0 Å². The van der Waals surface area contributed by atoms with Crippen LogP contribution < -0.4 is 0 Å². The van der Waals surface area contributed by atoms with Gasteiger partial charge >= 0.3 is 5.97 Å². The second-order valence-corrected chi connectivity index (χ2v) is 3.30. The number of nitrogens with zero attached hydrogens (tertiary/aromatic N) is 2. The molecular formula is C8H5BrN2O2. The van der Waals surface area contributed by atoms with Gasteiger partial charge in [-0.3, -0.25) is 0 Å². The highest BCUT2D eigenvalue weighted by Crippen LogP contribution is 2.21. The zero-order valence-electron chi connectivity index (χ0n) is 6.44. The van der Waals surface area contributed by atoms with Gasteiger partial charge in [-0.15, -0.1) is 0 Å². The van der Waals surface area contributed by atoms with Crippen molar-refractivity contribution >= 4 is 27.5 Å². The first-order chi connectivity index (χ1) is 6.20. The standard InChI is InChI=1S/C8H5BrN2O2/c9-6-5(8(12)13)1-3-11-4-2-10-7(6)11/h1-4H,(H,12,13). The van der Waals surface area contributed by atoms with E-state index in [2.05, 4.69) is 20.9 Å². The molecule has 0 aliphatic carbocycles. The summed E-state index contributed by atoms with van der Waals surface area (Å²) in [6, 6.07) is 1.53. The normalized spacial score (nSPS) is 10.5. The minimum absolute atomic E-state index is 0.221. The van der Waals surface area contributed by atoms with Crippen LogP contribution in [-0.4, -0.2) is 20.5 Å². The first kappa shape index (κ1) is 8.25. The summed E-state index contributed by atoms with van der Waals surface area (Å²) in [4.78, 5) is 14.7. The Hall–Kier alpha value is -1.36. The summed E-state index contributed by atoms with van der Waals surface area (Å²) in [5.74, 6) is -0.961. The molecule has 2 aromatic rings. The number of imidazole rings is 1. The van der Waals surface area contributed by atoms with E-state index in [1.165, 1.54) is 6.07 Å². The van der Waals surface area contributed by atoms with E-state index in [0.717, 1.165) is 0 Å². The van der Waals surface area contributed by atoms with Crippen LogP contribution in [0.2, 0.25) is 0 Å². The van der Waals surface area contributed by atoms with E-state index in [-0.39, 0.29) is 5.56 Å². The Morgan fingerprint density at radius 1 is 1.54 bits per heavy atom. The van der Waals surface area contributed by atoms with Crippen molar-refractivity contribution in [3.63, 3.8) is 0 Å². The molecule has 0 amide bonds. The van der Waals surface area contributed by atoms with Crippen LogP contribution >= 0.6 is 15.9 Å². The molecule has 0 radical (unpaired) electrons. The SMILES string of the molecule is O=C(O)c1ccn2ccnc2c1Br. The van der Waals surface area contributed by atoms with Gasteiger partial charge in [-0.25, -0.2) is 9.78 Å². The monoisotopic (exact) mass is 240 g/mol. The number of hydrogen-bond donors (Lipinski definition) is 1. The summed E-state index contributed by atoms with van der Waals surface area (Å²) >= 11 is 3.20. The molecule has 0 spiro atoms. The van der Waals surface area contributed by atoms with Crippen LogP contribution in [0.25, 0.3) is 5.65 Å². The number of hydrogen-bond acceptors (Lipinski definition) is 2. The molecule has 0 unspecified atom stereocenters. The van der Waals surface area contributed by atoms with Gasteiger partial charge in [0.1, 0.15) is 0 Å². The fraction of sp³-hybridized carbons (Fsp3) is 0. The van der Waals surface area contributed by atoms with Crippen LogP contribution in [0.5, 0.6) is 0 Å². The van der Waals surface area contributed by atoms with Crippen molar-refractivity contribution in [2.24, 2.45) is 0 Å². The van der Waals surface area contributed by atoms with Crippen molar-refractivity contribution in [1.29, 1.82) is 0 Å². The number of rotatable bonds is 1. The van der Waals surface area contributed by atoms with Crippen LogP contribution in [0, 0.1) is 0 Å². The summed E-state index contributed by atoms with van der Waals surface area (Å²) in [5, 5.41) is 8.80. The van der Waals surface area contributed by atoms with Gasteiger partial charge in [-0.2, -0.15) is 0 Å². The molecule has 0 aliphatic rings. The van der Waals surface area contributed by atoms with Gasteiger partial charge in [-0.05, 0) is 22.0 Å². The fourth-order valence-corrected chi connectivity index (χ4v) is 1.73. The van der Waals surface area contributed by atoms with Gasteiger partial charge in [0.05, 0.1) is 10.0 Å². The maximum atomic E-state index is 10.7. The van der Waals surface area contributed by atoms with Crippen molar-refractivity contribution < 1.29 is 9.90 Å². The van der Waals surface area contributed by atoms with Gasteiger partial charge in [0.25, 0.3) is 0 Å². The number of pyridine rings is 1. The Morgan fingerprint density at radius 3 is 3.00 bits per heavy atom. The molecule has 2 heterocycles. The van der Waals surface area contributed by atoms with E-state index in [4.69, 9.17) is 5.11 Å². The van der Waals surface area contributed by atoms with Crippen LogP contribution in [0.4, 0.5) is 0 Å². The van der Waals surface area contributed by atoms with Crippen molar-refractivity contribution in [3.05, 3.63) is 34.7 Å². The van der Waals surface area contributed by atoms with E-state index >= 15 is 0 Å². The molecule has 0 aromatic carbocycles. The van der Waals surface area contributed by atoms with Gasteiger partial charge in [0, 0.05) is 18.6 Å². The predicted octanol–water partition coefficient (Wildman–Crippen LogP) is 1.79. The lowest BCUT2D eigenvalue weighted by atomic mass is 10.3. The number of halogens is 1. The third-order valence-corrected chi connectivity index (χ3v) is 2.52. The topological polar surface area (TPSA) is 54.6 Å². The molecule has 2 rings (SSSR count). The van der Waals surface area contributed by atoms with Crippen LogP contribution in [0.3, 0.4) is 0 Å². The van der Waals surface area contributed by atoms with Gasteiger partial charge in [0.15, 0.2) is 5.65 Å². The minimum Gasteiger partial charge on any atom is -0.478 e. The molecule has 0 bridgehead atoms. The van der Waals surface area contributed by atoms with Gasteiger partial charge in [-0.1, -0.05) is 0 Å². The Bertz CT molecular complexity index is 478. The zero-order chi connectivity index (χ0) is 9.42. The molecule has 4 nitrogen and oxygen atoms in total. The Balaban J connectivity index is 2.80. The van der Waals surface area contributed by atoms with Crippen molar-refractivity contribution in [3.8, 4) is 0 Å². The lowest BCUT2D eigenvalue weighted by Gasteiger charge is -2.00. The molecule has 5 heteroatoms. The average Bonchev–Trinajstić information content (AvgIpc) is 2.52. The number of fused-ring (bicyclic) bond motifs is 1. The van der Waals surface area contributed by atoms with Gasteiger partial charge < -0.3 is 9.51 Å². The van der Waals surface area contributed by atoms with E-state index in [9.17, 15) is 4.79 Å². The Morgan fingerprint density at radius 2 is 2.31 bits per heavy atom. The molecule has 0 fully saturated rings. The maximum Gasteiger partial charge on any atom is 0.337 e. The molecular weight excluding hydrogens is 236 g/mol. The maximum absolute atomic E-state index is 10.7. The fourth-order valence-electron chi connectivity index (χ4n) is 1.12. The highest BCUT2D eigenvalue weighted by molar-refractivity contribution is 9.10. The van der Waals surface area contributed by atoms with E-state index in [0.29, 0.717) is 10.1 Å². The van der Waals surface area contributed by atoms with Crippen molar-refractivity contribution in [1.82, 2.24) is 9.38 Å². The van der Waals surface area contributed by atoms with Crippen molar-refractivity contribution in [2.75, 3.05) is 0 Å². The first-order valence-electron chi connectivity index (χ1n) is 3.54. The molecule has 0 saturated carbocycles. The second kappa shape index (κ2) is 2.85. The van der Waals surface area contributed by atoms with Crippen LogP contribution in [0.1, 0.15) is 10.4 Å². The lowest BCUT2D eigenvalue weighted by Crippen LogP contribution is -1.99. The largest absolute Gasteiger partial charge is 0.478 e.